The van der Waals surface area contributed by atoms with Gasteiger partial charge in [-0.15, -0.1) is 0 Å². The number of benzene rings is 1. The first-order valence-corrected chi connectivity index (χ1v) is 7.85. The van der Waals surface area contributed by atoms with Crippen LogP contribution in [0.3, 0.4) is 0 Å². The Morgan fingerprint density at radius 1 is 1.48 bits per heavy atom. The monoisotopic (exact) mass is 291 g/mol. The maximum absolute atomic E-state index is 10.8. The van der Waals surface area contributed by atoms with E-state index in [-0.39, 0.29) is 10.6 Å². The Morgan fingerprint density at radius 3 is 3.10 bits per heavy atom. The maximum Gasteiger partial charge on any atom is 0.269 e. The molecule has 1 unspecified atom stereocenters. The first-order valence-electron chi connectivity index (χ1n) is 7.85. The van der Waals surface area contributed by atoms with E-state index in [9.17, 15) is 10.1 Å². The molecule has 0 aromatic heterocycles. The molecule has 1 heterocycles. The van der Waals surface area contributed by atoms with Crippen molar-refractivity contribution in [2.75, 3.05) is 26.2 Å². The van der Waals surface area contributed by atoms with Crippen LogP contribution >= 0.6 is 0 Å². The average Bonchev–Trinajstić information content (AvgIpc) is 2.48. The molecule has 1 N–H and O–H groups in total. The number of piperidine rings is 1. The molecule has 1 atom stereocenters. The third-order valence-corrected chi connectivity index (χ3v) is 3.99. The molecule has 1 aliphatic rings. The van der Waals surface area contributed by atoms with Gasteiger partial charge in [0.05, 0.1) is 4.92 Å². The van der Waals surface area contributed by atoms with Crippen molar-refractivity contribution in [1.29, 1.82) is 0 Å². The van der Waals surface area contributed by atoms with Crippen molar-refractivity contribution in [3.05, 3.63) is 39.9 Å². The van der Waals surface area contributed by atoms with Crippen LogP contribution in [0, 0.1) is 16.0 Å². The van der Waals surface area contributed by atoms with Crippen LogP contribution in [0.5, 0.6) is 0 Å². The molecule has 0 amide bonds. The number of nitrogens with zero attached hydrogens (tertiary/aromatic N) is 2. The van der Waals surface area contributed by atoms with E-state index in [4.69, 9.17) is 0 Å². The Bertz CT molecular complexity index is 465. The average molecular weight is 291 g/mol. The molecule has 2 rings (SSSR count). The third-order valence-electron chi connectivity index (χ3n) is 3.99. The van der Waals surface area contributed by atoms with E-state index >= 15 is 0 Å². The zero-order valence-electron chi connectivity index (χ0n) is 12.8. The second kappa shape index (κ2) is 8.10. The fourth-order valence-corrected chi connectivity index (χ4v) is 2.97. The van der Waals surface area contributed by atoms with Gasteiger partial charge in [0.2, 0.25) is 0 Å². The molecular weight excluding hydrogens is 266 g/mol. The summed E-state index contributed by atoms with van der Waals surface area (Å²) in [6, 6.07) is 7.00. The van der Waals surface area contributed by atoms with Gasteiger partial charge in [-0.05, 0) is 50.4 Å². The molecule has 5 nitrogen and oxygen atoms in total. The highest BCUT2D eigenvalue weighted by atomic mass is 16.6. The second-order valence-electron chi connectivity index (χ2n) is 5.87. The molecule has 1 fully saturated rings. The molecule has 1 saturated heterocycles. The molecule has 1 aromatic carbocycles. The number of hydrogen-bond acceptors (Lipinski definition) is 4. The molecular formula is C16H25N3O2. The summed E-state index contributed by atoms with van der Waals surface area (Å²) >= 11 is 0. The standard InChI is InChI=1S/C16H25N3O2/c1-2-8-17-11-15-6-4-9-18(13-15)12-14-5-3-7-16(10-14)19(20)21/h3,5,7,10,15,17H,2,4,6,8-9,11-13H2,1H3. The zero-order valence-corrected chi connectivity index (χ0v) is 12.8. The van der Waals surface area contributed by atoms with E-state index in [1.54, 1.807) is 18.2 Å². The van der Waals surface area contributed by atoms with Gasteiger partial charge in [0.15, 0.2) is 0 Å². The normalized spacial score (nSPS) is 19.6. The summed E-state index contributed by atoms with van der Waals surface area (Å²) in [4.78, 5) is 12.9. The first-order chi connectivity index (χ1) is 10.2. The number of likely N-dealkylation sites (tertiary alicyclic amines) is 1. The Balaban J connectivity index is 1.87. The number of non-ortho nitro benzene ring substituents is 1. The van der Waals surface area contributed by atoms with E-state index in [1.807, 2.05) is 6.07 Å². The van der Waals surface area contributed by atoms with E-state index < -0.39 is 0 Å². The predicted molar refractivity (Wildman–Crippen MR) is 84.3 cm³/mol. The zero-order chi connectivity index (χ0) is 15.1. The summed E-state index contributed by atoms with van der Waals surface area (Å²) in [6.45, 7) is 7.33. The summed E-state index contributed by atoms with van der Waals surface area (Å²) in [5.74, 6) is 0.698. The summed E-state index contributed by atoms with van der Waals surface area (Å²) < 4.78 is 0. The minimum Gasteiger partial charge on any atom is -0.316 e. The van der Waals surface area contributed by atoms with Gasteiger partial charge in [0.1, 0.15) is 0 Å². The van der Waals surface area contributed by atoms with E-state index in [0.717, 1.165) is 38.3 Å². The van der Waals surface area contributed by atoms with Gasteiger partial charge in [-0.3, -0.25) is 15.0 Å². The van der Waals surface area contributed by atoms with Crippen LogP contribution in [0.4, 0.5) is 5.69 Å². The lowest BCUT2D eigenvalue weighted by Gasteiger charge is -2.32. The summed E-state index contributed by atoms with van der Waals surface area (Å²) in [5.41, 5.74) is 1.22. The van der Waals surface area contributed by atoms with E-state index in [2.05, 4.69) is 17.1 Å². The van der Waals surface area contributed by atoms with Gasteiger partial charge in [-0.1, -0.05) is 19.1 Å². The topological polar surface area (TPSA) is 58.4 Å². The van der Waals surface area contributed by atoms with Crippen LogP contribution in [0.25, 0.3) is 0 Å². The van der Waals surface area contributed by atoms with Gasteiger partial charge < -0.3 is 5.32 Å². The molecule has 21 heavy (non-hydrogen) atoms. The van der Waals surface area contributed by atoms with Crippen molar-refractivity contribution in [2.24, 2.45) is 5.92 Å². The largest absolute Gasteiger partial charge is 0.316 e. The van der Waals surface area contributed by atoms with Gasteiger partial charge in [-0.2, -0.15) is 0 Å². The van der Waals surface area contributed by atoms with Crippen LogP contribution in [-0.2, 0) is 6.54 Å². The van der Waals surface area contributed by atoms with Gasteiger partial charge in [0, 0.05) is 25.2 Å². The highest BCUT2D eigenvalue weighted by Gasteiger charge is 2.20. The Morgan fingerprint density at radius 2 is 2.33 bits per heavy atom. The minimum absolute atomic E-state index is 0.186. The van der Waals surface area contributed by atoms with Crippen LogP contribution in [-0.4, -0.2) is 36.0 Å². The Labute approximate surface area is 126 Å². The van der Waals surface area contributed by atoms with Crippen molar-refractivity contribution in [2.45, 2.75) is 32.7 Å². The minimum atomic E-state index is -0.322. The van der Waals surface area contributed by atoms with Crippen molar-refractivity contribution < 1.29 is 4.92 Å². The Hall–Kier alpha value is -1.46. The summed E-state index contributed by atoms with van der Waals surface area (Å²) in [7, 11) is 0. The highest BCUT2D eigenvalue weighted by Crippen LogP contribution is 2.20. The van der Waals surface area contributed by atoms with Crippen LogP contribution < -0.4 is 5.32 Å². The van der Waals surface area contributed by atoms with E-state index in [0.29, 0.717) is 5.92 Å². The molecule has 0 saturated carbocycles. The summed E-state index contributed by atoms with van der Waals surface area (Å²) in [6.07, 6.45) is 3.67. The maximum atomic E-state index is 10.8. The number of nitro groups is 1. The highest BCUT2D eigenvalue weighted by molar-refractivity contribution is 5.34. The number of nitrogens with one attached hydrogen (secondary N) is 1. The van der Waals surface area contributed by atoms with Crippen LogP contribution in [0.1, 0.15) is 31.7 Å². The fraction of sp³-hybridized carbons (Fsp3) is 0.625. The van der Waals surface area contributed by atoms with Crippen molar-refractivity contribution >= 4 is 5.69 Å². The molecule has 1 aliphatic heterocycles. The van der Waals surface area contributed by atoms with Crippen molar-refractivity contribution in [1.82, 2.24) is 10.2 Å². The molecule has 1 aromatic rings. The quantitative estimate of drug-likeness (QED) is 0.477. The first kappa shape index (κ1) is 15.9. The smallest absolute Gasteiger partial charge is 0.269 e. The second-order valence-corrected chi connectivity index (χ2v) is 5.87. The molecule has 0 bridgehead atoms. The fourth-order valence-electron chi connectivity index (χ4n) is 2.97. The van der Waals surface area contributed by atoms with Gasteiger partial charge in [-0.25, -0.2) is 0 Å². The van der Waals surface area contributed by atoms with Crippen LogP contribution in [0.2, 0.25) is 0 Å². The number of hydrogen-bond donors (Lipinski definition) is 1. The molecule has 0 spiro atoms. The molecule has 116 valence electrons. The van der Waals surface area contributed by atoms with Crippen LogP contribution in [0.15, 0.2) is 24.3 Å². The molecule has 0 radical (unpaired) electrons. The lowest BCUT2D eigenvalue weighted by Crippen LogP contribution is -2.39. The van der Waals surface area contributed by atoms with E-state index in [1.165, 1.54) is 19.3 Å². The van der Waals surface area contributed by atoms with Crippen molar-refractivity contribution in [3.63, 3.8) is 0 Å². The molecule has 0 aliphatic carbocycles. The van der Waals surface area contributed by atoms with Gasteiger partial charge in [0.25, 0.3) is 5.69 Å². The molecule has 5 heteroatoms. The van der Waals surface area contributed by atoms with Gasteiger partial charge >= 0.3 is 0 Å². The lowest BCUT2D eigenvalue weighted by molar-refractivity contribution is -0.384. The summed E-state index contributed by atoms with van der Waals surface area (Å²) in [5, 5.41) is 14.3. The Kier molecular flexibility index (Phi) is 6.14. The lowest BCUT2D eigenvalue weighted by atomic mass is 9.97. The predicted octanol–water partition coefficient (Wildman–Crippen LogP) is 2.81. The van der Waals surface area contributed by atoms with Crippen molar-refractivity contribution in [3.8, 4) is 0 Å². The number of rotatable bonds is 7. The third kappa shape index (κ3) is 5.10. The number of nitro benzene ring substituents is 1. The SMILES string of the molecule is CCCNCC1CCCN(Cc2cccc([N+](=O)[O-])c2)C1.